The van der Waals surface area contributed by atoms with E-state index in [4.69, 9.17) is 0 Å². The summed E-state index contributed by atoms with van der Waals surface area (Å²) in [5.74, 6) is -0.200. The SMILES string of the molecule is CNC(C(=O)NC1CCN(C(C)C)C1=O)c1cnn(C)c1. The average Bonchev–Trinajstić information content (AvgIpc) is 2.98. The fourth-order valence-electron chi connectivity index (χ4n) is 2.64. The molecule has 2 unspecified atom stereocenters. The van der Waals surface area contributed by atoms with Gasteiger partial charge in [0.25, 0.3) is 0 Å². The van der Waals surface area contributed by atoms with Crippen molar-refractivity contribution in [2.24, 2.45) is 7.05 Å². The number of nitrogens with one attached hydrogen (secondary N) is 2. The van der Waals surface area contributed by atoms with Gasteiger partial charge in [0, 0.05) is 31.4 Å². The molecule has 7 heteroatoms. The monoisotopic (exact) mass is 293 g/mol. The van der Waals surface area contributed by atoms with Crippen molar-refractivity contribution in [2.75, 3.05) is 13.6 Å². The summed E-state index contributed by atoms with van der Waals surface area (Å²) < 4.78 is 1.65. The molecule has 2 atom stereocenters. The molecular weight excluding hydrogens is 270 g/mol. The number of aromatic nitrogens is 2. The van der Waals surface area contributed by atoms with Gasteiger partial charge >= 0.3 is 0 Å². The van der Waals surface area contributed by atoms with Crippen molar-refractivity contribution >= 4 is 11.8 Å². The summed E-state index contributed by atoms with van der Waals surface area (Å²) in [6.45, 7) is 4.65. The van der Waals surface area contributed by atoms with Crippen molar-refractivity contribution in [3.05, 3.63) is 18.0 Å². The van der Waals surface area contributed by atoms with Gasteiger partial charge in [-0.3, -0.25) is 14.3 Å². The van der Waals surface area contributed by atoms with Crippen LogP contribution in [0.2, 0.25) is 0 Å². The number of rotatable bonds is 5. The van der Waals surface area contributed by atoms with Gasteiger partial charge in [-0.2, -0.15) is 5.10 Å². The van der Waals surface area contributed by atoms with Crippen molar-refractivity contribution in [1.82, 2.24) is 25.3 Å². The van der Waals surface area contributed by atoms with Crippen LogP contribution in [0.4, 0.5) is 0 Å². The van der Waals surface area contributed by atoms with Crippen LogP contribution in [0.15, 0.2) is 12.4 Å². The number of hydrogen-bond acceptors (Lipinski definition) is 4. The van der Waals surface area contributed by atoms with Gasteiger partial charge in [-0.15, -0.1) is 0 Å². The molecule has 1 saturated heterocycles. The topological polar surface area (TPSA) is 79.3 Å². The minimum absolute atomic E-state index is 0.000565. The predicted molar refractivity (Wildman–Crippen MR) is 78.4 cm³/mol. The average molecular weight is 293 g/mol. The van der Waals surface area contributed by atoms with E-state index in [0.717, 1.165) is 5.56 Å². The van der Waals surface area contributed by atoms with Crippen LogP contribution in [0, 0.1) is 0 Å². The van der Waals surface area contributed by atoms with Crippen molar-refractivity contribution in [1.29, 1.82) is 0 Å². The number of amides is 2. The van der Waals surface area contributed by atoms with Gasteiger partial charge in [0.2, 0.25) is 11.8 Å². The van der Waals surface area contributed by atoms with Crippen LogP contribution in [-0.4, -0.2) is 52.2 Å². The molecule has 1 aromatic heterocycles. The molecule has 1 fully saturated rings. The number of hydrogen-bond donors (Lipinski definition) is 2. The molecule has 1 aromatic rings. The van der Waals surface area contributed by atoms with Crippen LogP contribution >= 0.6 is 0 Å². The summed E-state index contributed by atoms with van der Waals surface area (Å²) in [5.41, 5.74) is 0.781. The Morgan fingerprint density at radius 3 is 2.67 bits per heavy atom. The zero-order chi connectivity index (χ0) is 15.6. The molecule has 0 saturated carbocycles. The fourth-order valence-corrected chi connectivity index (χ4v) is 2.64. The number of carbonyl (C=O) groups is 2. The highest BCUT2D eigenvalue weighted by molar-refractivity contribution is 5.91. The first-order valence-electron chi connectivity index (χ1n) is 7.20. The first-order valence-corrected chi connectivity index (χ1v) is 7.20. The fraction of sp³-hybridized carbons (Fsp3) is 0.643. The third-order valence-electron chi connectivity index (χ3n) is 3.79. The molecule has 2 N–H and O–H groups in total. The molecule has 1 aliphatic heterocycles. The third kappa shape index (κ3) is 3.24. The van der Waals surface area contributed by atoms with Gasteiger partial charge in [-0.05, 0) is 27.3 Å². The lowest BCUT2D eigenvalue weighted by Crippen LogP contribution is -2.46. The van der Waals surface area contributed by atoms with Crippen molar-refractivity contribution in [3.8, 4) is 0 Å². The summed E-state index contributed by atoms with van der Waals surface area (Å²) in [5, 5.41) is 9.88. The normalized spacial score (nSPS) is 20.1. The lowest BCUT2D eigenvalue weighted by molar-refractivity contribution is -0.134. The first kappa shape index (κ1) is 15.5. The van der Waals surface area contributed by atoms with Crippen LogP contribution in [-0.2, 0) is 16.6 Å². The Morgan fingerprint density at radius 2 is 2.19 bits per heavy atom. The largest absolute Gasteiger partial charge is 0.343 e. The van der Waals surface area contributed by atoms with E-state index in [1.165, 1.54) is 0 Å². The lowest BCUT2D eigenvalue weighted by Gasteiger charge is -2.22. The summed E-state index contributed by atoms with van der Waals surface area (Å²) in [6.07, 6.45) is 4.10. The maximum atomic E-state index is 12.4. The highest BCUT2D eigenvalue weighted by atomic mass is 16.2. The van der Waals surface area contributed by atoms with E-state index in [1.54, 1.807) is 36.1 Å². The summed E-state index contributed by atoms with van der Waals surface area (Å²) in [4.78, 5) is 26.4. The Hall–Kier alpha value is -1.89. The van der Waals surface area contributed by atoms with Gasteiger partial charge in [0.15, 0.2) is 0 Å². The smallest absolute Gasteiger partial charge is 0.245 e. The van der Waals surface area contributed by atoms with Gasteiger partial charge in [0.1, 0.15) is 12.1 Å². The van der Waals surface area contributed by atoms with E-state index in [-0.39, 0.29) is 17.9 Å². The summed E-state index contributed by atoms with van der Waals surface area (Å²) in [6, 6.07) is -0.759. The zero-order valence-corrected chi connectivity index (χ0v) is 13.0. The van der Waals surface area contributed by atoms with Crippen LogP contribution in [0.1, 0.15) is 31.9 Å². The molecule has 0 aromatic carbocycles. The highest BCUT2D eigenvalue weighted by Gasteiger charge is 2.35. The maximum Gasteiger partial charge on any atom is 0.245 e. The number of likely N-dealkylation sites (tertiary alicyclic amines) is 1. The zero-order valence-electron chi connectivity index (χ0n) is 13.0. The van der Waals surface area contributed by atoms with E-state index in [1.807, 2.05) is 13.8 Å². The lowest BCUT2D eigenvalue weighted by atomic mass is 10.1. The van der Waals surface area contributed by atoms with Gasteiger partial charge in [-0.1, -0.05) is 0 Å². The Morgan fingerprint density at radius 1 is 1.48 bits per heavy atom. The van der Waals surface area contributed by atoms with Crippen molar-refractivity contribution in [2.45, 2.75) is 38.4 Å². The number of carbonyl (C=O) groups excluding carboxylic acids is 2. The van der Waals surface area contributed by atoms with E-state index in [0.29, 0.717) is 13.0 Å². The van der Waals surface area contributed by atoms with E-state index < -0.39 is 12.1 Å². The quantitative estimate of drug-likeness (QED) is 0.788. The predicted octanol–water partition coefficient (Wildman–Crippen LogP) is -0.194. The molecule has 7 nitrogen and oxygen atoms in total. The molecule has 2 rings (SSSR count). The Labute approximate surface area is 124 Å². The molecule has 1 aliphatic rings. The van der Waals surface area contributed by atoms with E-state index >= 15 is 0 Å². The molecule has 0 bridgehead atoms. The van der Waals surface area contributed by atoms with Crippen LogP contribution in [0.3, 0.4) is 0 Å². The number of nitrogens with zero attached hydrogens (tertiary/aromatic N) is 3. The highest BCUT2D eigenvalue weighted by Crippen LogP contribution is 2.17. The Balaban J connectivity index is 2.02. The number of aryl methyl sites for hydroxylation is 1. The van der Waals surface area contributed by atoms with E-state index in [2.05, 4.69) is 15.7 Å². The second-order valence-electron chi connectivity index (χ2n) is 5.64. The number of likely N-dealkylation sites (N-methyl/N-ethyl adjacent to an activating group) is 1. The molecule has 2 heterocycles. The van der Waals surface area contributed by atoms with Gasteiger partial charge in [-0.25, -0.2) is 0 Å². The van der Waals surface area contributed by atoms with Gasteiger partial charge in [0.05, 0.1) is 6.20 Å². The second kappa shape index (κ2) is 6.26. The first-order chi connectivity index (χ1) is 9.93. The minimum Gasteiger partial charge on any atom is -0.343 e. The summed E-state index contributed by atoms with van der Waals surface area (Å²) in [7, 11) is 3.52. The molecule has 116 valence electrons. The van der Waals surface area contributed by atoms with Crippen molar-refractivity contribution < 1.29 is 9.59 Å². The van der Waals surface area contributed by atoms with Crippen LogP contribution < -0.4 is 10.6 Å². The molecule has 2 amide bonds. The minimum atomic E-state index is -0.500. The molecule has 0 spiro atoms. The molecule has 21 heavy (non-hydrogen) atoms. The molecule has 0 aliphatic carbocycles. The third-order valence-corrected chi connectivity index (χ3v) is 3.79. The Bertz CT molecular complexity index is 525. The van der Waals surface area contributed by atoms with Crippen LogP contribution in [0.25, 0.3) is 0 Å². The standard InChI is InChI=1S/C14H23N5O2/c1-9(2)19-6-5-11(14(19)21)17-13(20)12(15-3)10-7-16-18(4)8-10/h7-9,11-12,15H,5-6H2,1-4H3,(H,17,20). The van der Waals surface area contributed by atoms with Crippen molar-refractivity contribution in [3.63, 3.8) is 0 Å². The van der Waals surface area contributed by atoms with Crippen LogP contribution in [0.5, 0.6) is 0 Å². The molecule has 0 radical (unpaired) electrons. The summed E-state index contributed by atoms with van der Waals surface area (Å²) >= 11 is 0. The van der Waals surface area contributed by atoms with Gasteiger partial charge < -0.3 is 15.5 Å². The van der Waals surface area contributed by atoms with E-state index in [9.17, 15) is 9.59 Å². The maximum absolute atomic E-state index is 12.4. The second-order valence-corrected chi connectivity index (χ2v) is 5.64. The molecular formula is C14H23N5O2. The Kier molecular flexibility index (Phi) is 4.62.